The fourth-order valence-corrected chi connectivity index (χ4v) is 3.71. The van der Waals surface area contributed by atoms with Crippen molar-refractivity contribution in [1.82, 2.24) is 9.55 Å². The summed E-state index contributed by atoms with van der Waals surface area (Å²) < 4.78 is 2.07. The van der Waals surface area contributed by atoms with Crippen molar-refractivity contribution in [3.8, 4) is 0 Å². The van der Waals surface area contributed by atoms with Gasteiger partial charge in [0, 0.05) is 30.4 Å². The standard InChI is InChI=1S/C22H24N4O/c1-15-8-6-7-11-19(15)24-18-12-13-26-20(14-18)23-16(2)21(26)22(27)25-17-9-4-3-5-10-17/h3-11,18,24H,12-14H2,1-2H3,(H,25,27). The van der Waals surface area contributed by atoms with Gasteiger partial charge in [-0.3, -0.25) is 4.79 Å². The molecule has 1 unspecified atom stereocenters. The molecule has 3 aromatic rings. The topological polar surface area (TPSA) is 59.0 Å². The first-order valence-corrected chi connectivity index (χ1v) is 9.36. The summed E-state index contributed by atoms with van der Waals surface area (Å²) in [4.78, 5) is 17.5. The largest absolute Gasteiger partial charge is 0.382 e. The van der Waals surface area contributed by atoms with Crippen LogP contribution in [-0.2, 0) is 13.0 Å². The number of aromatic nitrogens is 2. The second kappa shape index (κ2) is 7.27. The molecule has 0 radical (unpaired) electrons. The molecule has 27 heavy (non-hydrogen) atoms. The first kappa shape index (κ1) is 17.3. The van der Waals surface area contributed by atoms with Crippen molar-refractivity contribution in [2.75, 3.05) is 10.6 Å². The van der Waals surface area contributed by atoms with Crippen LogP contribution in [0, 0.1) is 13.8 Å². The van der Waals surface area contributed by atoms with Gasteiger partial charge in [-0.25, -0.2) is 4.98 Å². The van der Waals surface area contributed by atoms with E-state index in [1.165, 1.54) is 11.3 Å². The van der Waals surface area contributed by atoms with Crippen LogP contribution in [0.3, 0.4) is 0 Å². The lowest BCUT2D eigenvalue weighted by Crippen LogP contribution is -2.32. The van der Waals surface area contributed by atoms with Crippen LogP contribution in [0.15, 0.2) is 54.6 Å². The molecule has 0 saturated heterocycles. The average molecular weight is 360 g/mol. The van der Waals surface area contributed by atoms with Crippen LogP contribution in [0.5, 0.6) is 0 Å². The smallest absolute Gasteiger partial charge is 0.274 e. The van der Waals surface area contributed by atoms with E-state index >= 15 is 0 Å². The number of fused-ring (bicyclic) bond motifs is 1. The zero-order chi connectivity index (χ0) is 18.8. The summed E-state index contributed by atoms with van der Waals surface area (Å²) in [5.74, 6) is 0.880. The van der Waals surface area contributed by atoms with Crippen molar-refractivity contribution in [1.29, 1.82) is 0 Å². The van der Waals surface area contributed by atoms with Crippen LogP contribution < -0.4 is 10.6 Å². The van der Waals surface area contributed by atoms with E-state index < -0.39 is 0 Å². The monoisotopic (exact) mass is 360 g/mol. The number of imidazole rings is 1. The summed E-state index contributed by atoms with van der Waals surface area (Å²) >= 11 is 0. The lowest BCUT2D eigenvalue weighted by atomic mass is 10.0. The van der Waals surface area contributed by atoms with E-state index in [9.17, 15) is 4.79 Å². The maximum atomic E-state index is 12.8. The number of nitrogens with one attached hydrogen (secondary N) is 2. The van der Waals surface area contributed by atoms with E-state index in [2.05, 4.69) is 46.4 Å². The summed E-state index contributed by atoms with van der Waals surface area (Å²) in [5, 5.41) is 6.61. The van der Waals surface area contributed by atoms with Gasteiger partial charge in [0.05, 0.1) is 5.69 Å². The number of para-hydroxylation sites is 2. The van der Waals surface area contributed by atoms with E-state index in [1.54, 1.807) is 0 Å². The van der Waals surface area contributed by atoms with Crippen LogP contribution in [-0.4, -0.2) is 21.5 Å². The number of anilines is 2. The lowest BCUT2D eigenvalue weighted by molar-refractivity contribution is 0.101. The van der Waals surface area contributed by atoms with Gasteiger partial charge < -0.3 is 15.2 Å². The molecule has 2 aromatic carbocycles. The minimum absolute atomic E-state index is 0.0947. The molecule has 1 aliphatic rings. The zero-order valence-corrected chi connectivity index (χ0v) is 15.7. The molecule has 0 aliphatic carbocycles. The molecule has 0 saturated carbocycles. The molecular weight excluding hydrogens is 336 g/mol. The van der Waals surface area contributed by atoms with Gasteiger partial charge in [-0.1, -0.05) is 36.4 Å². The van der Waals surface area contributed by atoms with Gasteiger partial charge in [0.25, 0.3) is 5.91 Å². The Morgan fingerprint density at radius 1 is 1.07 bits per heavy atom. The molecule has 1 atom stereocenters. The minimum Gasteiger partial charge on any atom is -0.382 e. The Kier molecular flexibility index (Phi) is 4.67. The van der Waals surface area contributed by atoms with Crippen LogP contribution in [0.4, 0.5) is 11.4 Å². The highest BCUT2D eigenvalue weighted by Crippen LogP contribution is 2.24. The first-order valence-electron chi connectivity index (χ1n) is 9.36. The highest BCUT2D eigenvalue weighted by molar-refractivity contribution is 6.04. The molecule has 1 aromatic heterocycles. The Hall–Kier alpha value is -3.08. The third-order valence-electron chi connectivity index (χ3n) is 5.10. The molecule has 1 amide bonds. The number of amides is 1. The Labute approximate surface area is 159 Å². The number of aryl methyl sites for hydroxylation is 2. The van der Waals surface area contributed by atoms with Crippen molar-refractivity contribution in [2.24, 2.45) is 0 Å². The lowest BCUT2D eigenvalue weighted by Gasteiger charge is -2.26. The highest BCUT2D eigenvalue weighted by Gasteiger charge is 2.27. The number of hydrogen-bond donors (Lipinski definition) is 2. The number of benzene rings is 2. The zero-order valence-electron chi connectivity index (χ0n) is 15.7. The summed E-state index contributed by atoms with van der Waals surface area (Å²) in [6.07, 6.45) is 1.77. The number of carbonyl (C=O) groups is 1. The maximum absolute atomic E-state index is 12.8. The molecule has 5 heteroatoms. The fourth-order valence-electron chi connectivity index (χ4n) is 3.71. The Bertz CT molecular complexity index is 962. The van der Waals surface area contributed by atoms with Crippen LogP contribution in [0.2, 0.25) is 0 Å². The van der Waals surface area contributed by atoms with Gasteiger partial charge in [-0.05, 0) is 44.0 Å². The van der Waals surface area contributed by atoms with Gasteiger partial charge in [0.2, 0.25) is 0 Å². The van der Waals surface area contributed by atoms with Gasteiger partial charge in [0.1, 0.15) is 11.5 Å². The SMILES string of the molecule is Cc1ccccc1NC1CCn2c(nc(C)c2C(=O)Nc2ccccc2)C1. The van der Waals surface area contributed by atoms with Crippen molar-refractivity contribution in [3.05, 3.63) is 77.4 Å². The molecule has 5 nitrogen and oxygen atoms in total. The van der Waals surface area contributed by atoms with Gasteiger partial charge in [-0.2, -0.15) is 0 Å². The summed E-state index contributed by atoms with van der Waals surface area (Å²) in [5.41, 5.74) is 4.66. The molecule has 4 rings (SSSR count). The molecule has 1 aliphatic heterocycles. The maximum Gasteiger partial charge on any atom is 0.274 e. The van der Waals surface area contributed by atoms with Crippen molar-refractivity contribution < 1.29 is 4.79 Å². The number of nitrogens with zero attached hydrogens (tertiary/aromatic N) is 2. The van der Waals surface area contributed by atoms with Gasteiger partial charge in [-0.15, -0.1) is 0 Å². The number of hydrogen-bond acceptors (Lipinski definition) is 3. The number of rotatable bonds is 4. The Morgan fingerprint density at radius 3 is 2.59 bits per heavy atom. The molecule has 2 heterocycles. The highest BCUT2D eigenvalue weighted by atomic mass is 16.2. The third-order valence-corrected chi connectivity index (χ3v) is 5.10. The molecule has 0 fully saturated rings. The van der Waals surface area contributed by atoms with Gasteiger partial charge >= 0.3 is 0 Å². The van der Waals surface area contributed by atoms with Crippen LogP contribution in [0.1, 0.15) is 34.0 Å². The predicted molar refractivity (Wildman–Crippen MR) is 108 cm³/mol. The van der Waals surface area contributed by atoms with E-state index in [0.717, 1.165) is 36.6 Å². The van der Waals surface area contributed by atoms with Crippen LogP contribution in [0.25, 0.3) is 0 Å². The van der Waals surface area contributed by atoms with Gasteiger partial charge in [0.15, 0.2) is 0 Å². The molecule has 138 valence electrons. The van der Waals surface area contributed by atoms with E-state index in [4.69, 9.17) is 4.98 Å². The molecular formula is C22H24N4O. The van der Waals surface area contributed by atoms with E-state index in [0.29, 0.717) is 11.7 Å². The number of carbonyl (C=O) groups excluding carboxylic acids is 1. The fraction of sp³-hybridized carbons (Fsp3) is 0.273. The Balaban J connectivity index is 1.52. The van der Waals surface area contributed by atoms with E-state index in [1.807, 2.05) is 37.3 Å². The average Bonchev–Trinajstić information content (AvgIpc) is 2.99. The molecule has 2 N–H and O–H groups in total. The minimum atomic E-state index is -0.0947. The second-order valence-electron chi connectivity index (χ2n) is 7.08. The van der Waals surface area contributed by atoms with Crippen LogP contribution >= 0.6 is 0 Å². The molecule has 0 spiro atoms. The van der Waals surface area contributed by atoms with Crippen molar-refractivity contribution >= 4 is 17.3 Å². The van der Waals surface area contributed by atoms with Crippen molar-refractivity contribution in [2.45, 2.75) is 39.3 Å². The quantitative estimate of drug-likeness (QED) is 0.734. The van der Waals surface area contributed by atoms with E-state index in [-0.39, 0.29) is 5.91 Å². The summed E-state index contributed by atoms with van der Waals surface area (Å²) in [6, 6.07) is 18.2. The third kappa shape index (κ3) is 3.58. The summed E-state index contributed by atoms with van der Waals surface area (Å²) in [7, 11) is 0. The molecule has 0 bridgehead atoms. The normalized spacial score (nSPS) is 15.9. The Morgan fingerprint density at radius 2 is 1.81 bits per heavy atom. The second-order valence-corrected chi connectivity index (χ2v) is 7.08. The predicted octanol–water partition coefficient (Wildman–Crippen LogP) is 4.18. The summed E-state index contributed by atoms with van der Waals surface area (Å²) in [6.45, 7) is 4.81. The van der Waals surface area contributed by atoms with Crippen molar-refractivity contribution in [3.63, 3.8) is 0 Å². The first-order chi connectivity index (χ1) is 13.1.